The first-order valence-corrected chi connectivity index (χ1v) is 15.2. The van der Waals surface area contributed by atoms with Crippen molar-refractivity contribution in [2.75, 3.05) is 6.61 Å². The largest absolute Gasteiger partial charge is 0.342 e. The summed E-state index contributed by atoms with van der Waals surface area (Å²) < 4.78 is 9.16. The second-order valence-electron chi connectivity index (χ2n) is 8.89. The van der Waals surface area contributed by atoms with E-state index in [1.807, 2.05) is 30.7 Å². The van der Waals surface area contributed by atoms with Crippen molar-refractivity contribution in [3.8, 4) is 22.5 Å². The van der Waals surface area contributed by atoms with E-state index >= 15 is 0 Å². The van der Waals surface area contributed by atoms with Crippen molar-refractivity contribution < 1.29 is 9.30 Å². The van der Waals surface area contributed by atoms with Crippen molar-refractivity contribution in [1.29, 1.82) is 0 Å². The van der Waals surface area contributed by atoms with Crippen LogP contribution in [0.5, 0.6) is 0 Å². The molecule has 2 heterocycles. The first-order valence-electron chi connectivity index (χ1n) is 10.3. The summed E-state index contributed by atoms with van der Waals surface area (Å²) >= 11 is 9.82. The maximum Gasteiger partial charge on any atom is 0.244 e. The SMILES string of the molecule is C[Si](C)(C)CCOC[n+]1c[nH]c(-c2cccc(Cl)c2)c1-c1ccc2ncc(Br)cc2c1. The number of rotatable bonds is 7. The molecule has 0 atom stereocenters. The minimum absolute atomic E-state index is 0.492. The molecule has 0 bridgehead atoms. The van der Waals surface area contributed by atoms with Gasteiger partial charge in [0.15, 0.2) is 18.1 Å². The molecule has 0 aliphatic carbocycles. The molecule has 0 saturated heterocycles. The molecule has 2 aromatic carbocycles. The summed E-state index contributed by atoms with van der Waals surface area (Å²) in [5.41, 5.74) is 5.17. The molecular weight excluding hydrogens is 490 g/mol. The van der Waals surface area contributed by atoms with E-state index in [1.54, 1.807) is 0 Å². The predicted molar refractivity (Wildman–Crippen MR) is 134 cm³/mol. The molecule has 4 rings (SSSR count). The zero-order valence-corrected chi connectivity index (χ0v) is 21.3. The third-order valence-electron chi connectivity index (χ3n) is 5.15. The zero-order valence-electron chi connectivity index (χ0n) is 18.0. The summed E-state index contributed by atoms with van der Waals surface area (Å²) in [5.74, 6) is 0. The van der Waals surface area contributed by atoms with Crippen LogP contribution in [0.2, 0.25) is 30.7 Å². The van der Waals surface area contributed by atoms with Gasteiger partial charge in [-0.15, -0.1) is 0 Å². The van der Waals surface area contributed by atoms with Gasteiger partial charge in [0.2, 0.25) is 6.33 Å². The Labute approximate surface area is 197 Å². The number of aromatic nitrogens is 3. The number of hydrogen-bond acceptors (Lipinski definition) is 2. The molecular formula is C24H26BrClN3OSi+. The molecule has 0 aliphatic heterocycles. The predicted octanol–water partition coefficient (Wildman–Crippen LogP) is 6.91. The Morgan fingerprint density at radius 2 is 1.94 bits per heavy atom. The molecule has 0 spiro atoms. The van der Waals surface area contributed by atoms with Crippen molar-refractivity contribution in [2.45, 2.75) is 32.4 Å². The number of pyridine rings is 1. The summed E-state index contributed by atoms with van der Waals surface area (Å²) in [6, 6.07) is 17.5. The molecule has 1 N–H and O–H groups in total. The highest BCUT2D eigenvalue weighted by Gasteiger charge is 2.22. The standard InChI is InChI=1S/C24H25BrClN3OSi/c1-31(2,3)10-9-30-16-29-15-28-23(17-5-4-6-21(26)13-17)24(29)18-7-8-22-19(11-18)12-20(25)14-27-22/h4-8,11-15H,9-10,16H2,1-3H3/p+1. The quantitative estimate of drug-likeness (QED) is 0.165. The summed E-state index contributed by atoms with van der Waals surface area (Å²) in [6.45, 7) is 8.36. The molecule has 0 saturated carbocycles. The van der Waals surface area contributed by atoms with E-state index in [2.05, 4.69) is 80.4 Å². The lowest BCUT2D eigenvalue weighted by Gasteiger charge is -2.15. The first-order chi connectivity index (χ1) is 14.8. The number of imidazole rings is 1. The van der Waals surface area contributed by atoms with E-state index in [-0.39, 0.29) is 0 Å². The Morgan fingerprint density at radius 1 is 1.10 bits per heavy atom. The molecule has 0 radical (unpaired) electrons. The number of hydrogen-bond donors (Lipinski definition) is 1. The summed E-state index contributed by atoms with van der Waals surface area (Å²) in [5, 5.41) is 1.79. The van der Waals surface area contributed by atoms with E-state index in [1.165, 1.54) is 0 Å². The fraction of sp³-hybridized carbons (Fsp3) is 0.250. The van der Waals surface area contributed by atoms with Gasteiger partial charge in [-0.2, -0.15) is 0 Å². The first kappa shape index (κ1) is 22.2. The number of aromatic amines is 1. The molecule has 31 heavy (non-hydrogen) atoms. The number of nitrogens with one attached hydrogen (secondary N) is 1. The van der Waals surface area contributed by atoms with Gasteiger partial charge in [0, 0.05) is 46.9 Å². The molecule has 4 nitrogen and oxygen atoms in total. The third-order valence-corrected chi connectivity index (χ3v) is 7.52. The van der Waals surface area contributed by atoms with Crippen LogP contribution >= 0.6 is 27.5 Å². The second kappa shape index (κ2) is 9.24. The fourth-order valence-corrected chi connectivity index (χ4v) is 4.78. The van der Waals surface area contributed by atoms with Gasteiger partial charge >= 0.3 is 0 Å². The highest BCUT2D eigenvalue weighted by atomic mass is 79.9. The number of nitrogens with zero attached hydrogens (tertiary/aromatic N) is 2. The lowest BCUT2D eigenvalue weighted by atomic mass is 10.0. The molecule has 0 aliphatic rings. The minimum Gasteiger partial charge on any atom is -0.342 e. The van der Waals surface area contributed by atoms with Crippen LogP contribution in [0.3, 0.4) is 0 Å². The monoisotopic (exact) mass is 514 g/mol. The van der Waals surface area contributed by atoms with Gasteiger partial charge in [-0.25, -0.2) is 9.55 Å². The molecule has 4 aromatic rings. The normalized spacial score (nSPS) is 11.9. The van der Waals surface area contributed by atoms with E-state index in [0.29, 0.717) is 11.8 Å². The number of benzene rings is 2. The number of H-pyrrole nitrogens is 1. The van der Waals surface area contributed by atoms with E-state index in [9.17, 15) is 0 Å². The Bertz CT molecular complexity index is 1220. The van der Waals surface area contributed by atoms with Crippen LogP contribution in [0.15, 0.2) is 65.5 Å². The lowest BCUT2D eigenvalue weighted by Crippen LogP contribution is -2.36. The van der Waals surface area contributed by atoms with Gasteiger partial charge in [0.25, 0.3) is 0 Å². The smallest absolute Gasteiger partial charge is 0.244 e. The van der Waals surface area contributed by atoms with Gasteiger partial charge in [-0.1, -0.05) is 43.4 Å². The number of halogens is 2. The topological polar surface area (TPSA) is 41.8 Å². The maximum absolute atomic E-state index is 6.29. The van der Waals surface area contributed by atoms with E-state index in [4.69, 9.17) is 16.3 Å². The Hall–Kier alpha value is -1.99. The van der Waals surface area contributed by atoms with Crippen molar-refractivity contribution in [2.24, 2.45) is 0 Å². The van der Waals surface area contributed by atoms with Crippen LogP contribution in [0, 0.1) is 0 Å². The van der Waals surface area contributed by atoms with Crippen LogP contribution in [0.25, 0.3) is 33.4 Å². The molecule has 2 aromatic heterocycles. The van der Waals surface area contributed by atoms with Gasteiger partial charge in [0.05, 0.1) is 5.52 Å². The van der Waals surface area contributed by atoms with Crippen molar-refractivity contribution in [3.05, 3.63) is 70.6 Å². The van der Waals surface area contributed by atoms with Crippen LogP contribution in [0.1, 0.15) is 0 Å². The lowest BCUT2D eigenvalue weighted by molar-refractivity contribution is -0.721. The maximum atomic E-state index is 6.29. The number of fused-ring (bicyclic) bond motifs is 1. The summed E-state index contributed by atoms with van der Waals surface area (Å²) in [7, 11) is -1.13. The van der Waals surface area contributed by atoms with Crippen LogP contribution in [-0.2, 0) is 11.5 Å². The van der Waals surface area contributed by atoms with E-state index in [0.717, 1.165) is 50.5 Å². The van der Waals surface area contributed by atoms with Gasteiger partial charge < -0.3 is 4.74 Å². The fourth-order valence-electron chi connectivity index (χ4n) is 3.49. The van der Waals surface area contributed by atoms with Crippen LogP contribution in [0.4, 0.5) is 0 Å². The molecule has 0 amide bonds. The van der Waals surface area contributed by atoms with Gasteiger partial charge in [0.1, 0.15) is 0 Å². The molecule has 7 heteroatoms. The van der Waals surface area contributed by atoms with Gasteiger partial charge in [-0.05, 0) is 58.4 Å². The third kappa shape index (κ3) is 5.44. The average Bonchev–Trinajstić information content (AvgIpc) is 3.14. The van der Waals surface area contributed by atoms with Crippen molar-refractivity contribution >= 4 is 46.5 Å². The molecule has 0 fully saturated rings. The average molecular weight is 516 g/mol. The number of ether oxygens (including phenoxy) is 1. The van der Waals surface area contributed by atoms with Crippen LogP contribution < -0.4 is 4.57 Å². The minimum atomic E-state index is -1.13. The Morgan fingerprint density at radius 3 is 2.71 bits per heavy atom. The zero-order chi connectivity index (χ0) is 22.0. The van der Waals surface area contributed by atoms with Crippen molar-refractivity contribution in [1.82, 2.24) is 9.97 Å². The Kier molecular flexibility index (Phi) is 6.62. The highest BCUT2D eigenvalue weighted by molar-refractivity contribution is 9.10. The second-order valence-corrected chi connectivity index (χ2v) is 15.9. The summed E-state index contributed by atoms with van der Waals surface area (Å²) in [4.78, 5) is 7.94. The van der Waals surface area contributed by atoms with Crippen molar-refractivity contribution in [3.63, 3.8) is 0 Å². The van der Waals surface area contributed by atoms with Gasteiger partial charge in [-0.3, -0.25) is 4.98 Å². The molecule has 0 unspecified atom stereocenters. The summed E-state index contributed by atoms with van der Waals surface area (Å²) in [6.07, 6.45) is 3.80. The Balaban J connectivity index is 1.75. The highest BCUT2D eigenvalue weighted by Crippen LogP contribution is 2.31. The van der Waals surface area contributed by atoms with Crippen LogP contribution in [-0.4, -0.2) is 24.6 Å². The van der Waals surface area contributed by atoms with E-state index < -0.39 is 8.07 Å². The molecule has 160 valence electrons.